The number of hydrogen-bond acceptors (Lipinski definition) is 2. The first kappa shape index (κ1) is 13.4. The maximum absolute atomic E-state index is 12.5. The van der Waals surface area contributed by atoms with Gasteiger partial charge < -0.3 is 4.74 Å². The highest BCUT2D eigenvalue weighted by Crippen LogP contribution is 2.32. The first-order valence-electron chi connectivity index (χ1n) is 6.52. The average Bonchev–Trinajstić information content (AvgIpc) is 2.41. The molecule has 0 radical (unpaired) electrons. The number of hydrogen-bond donors (Lipinski definition) is 0. The van der Waals surface area contributed by atoms with E-state index in [1.165, 1.54) is 6.42 Å². The second-order valence-electron chi connectivity index (χ2n) is 5.00. The van der Waals surface area contributed by atoms with Crippen LogP contribution in [0.1, 0.15) is 48.0 Å². The second kappa shape index (κ2) is 5.75. The molecule has 1 fully saturated rings. The van der Waals surface area contributed by atoms with Gasteiger partial charge in [0, 0.05) is 10.9 Å². The molecule has 18 heavy (non-hydrogen) atoms. The molecule has 0 atom stereocenters. The summed E-state index contributed by atoms with van der Waals surface area (Å²) in [6.45, 7) is 1.92. The summed E-state index contributed by atoms with van der Waals surface area (Å²) in [5, 5.41) is 0.634. The van der Waals surface area contributed by atoms with Crippen LogP contribution < -0.4 is 4.74 Å². The van der Waals surface area contributed by atoms with Crippen LogP contribution in [-0.2, 0) is 0 Å². The van der Waals surface area contributed by atoms with Crippen LogP contribution in [-0.4, -0.2) is 12.9 Å². The minimum absolute atomic E-state index is 0.145. The first-order valence-corrected chi connectivity index (χ1v) is 6.89. The second-order valence-corrected chi connectivity index (χ2v) is 5.41. The molecule has 0 spiro atoms. The summed E-state index contributed by atoms with van der Waals surface area (Å²) in [4.78, 5) is 12.5. The number of rotatable bonds is 3. The molecular weight excluding hydrogens is 248 g/mol. The fourth-order valence-electron chi connectivity index (χ4n) is 2.60. The minimum Gasteiger partial charge on any atom is -0.496 e. The quantitative estimate of drug-likeness (QED) is 0.757. The van der Waals surface area contributed by atoms with Gasteiger partial charge in [-0.2, -0.15) is 0 Å². The predicted molar refractivity (Wildman–Crippen MR) is 73.6 cm³/mol. The fourth-order valence-corrected chi connectivity index (χ4v) is 2.76. The van der Waals surface area contributed by atoms with E-state index in [1.54, 1.807) is 13.2 Å². The minimum atomic E-state index is 0.145. The Morgan fingerprint density at radius 2 is 1.94 bits per heavy atom. The first-order chi connectivity index (χ1) is 8.63. The van der Waals surface area contributed by atoms with Gasteiger partial charge in [-0.3, -0.25) is 4.79 Å². The van der Waals surface area contributed by atoms with E-state index in [9.17, 15) is 4.79 Å². The van der Waals surface area contributed by atoms with E-state index < -0.39 is 0 Å². The van der Waals surface area contributed by atoms with Gasteiger partial charge in [-0.15, -0.1) is 0 Å². The third kappa shape index (κ3) is 2.69. The van der Waals surface area contributed by atoms with Gasteiger partial charge in [0.2, 0.25) is 0 Å². The summed E-state index contributed by atoms with van der Waals surface area (Å²) in [6.07, 6.45) is 5.53. The highest BCUT2D eigenvalue weighted by molar-refractivity contribution is 6.31. The fraction of sp³-hybridized carbons (Fsp3) is 0.533. The number of halogens is 1. The van der Waals surface area contributed by atoms with E-state index >= 15 is 0 Å². The molecule has 0 heterocycles. The van der Waals surface area contributed by atoms with E-state index in [2.05, 4.69) is 0 Å². The molecule has 1 aliphatic carbocycles. The maximum Gasteiger partial charge on any atom is 0.169 e. The molecule has 0 amide bonds. The van der Waals surface area contributed by atoms with Crippen LogP contribution in [0.25, 0.3) is 0 Å². The zero-order valence-corrected chi connectivity index (χ0v) is 11.7. The van der Waals surface area contributed by atoms with Crippen molar-refractivity contribution in [3.63, 3.8) is 0 Å². The summed E-state index contributed by atoms with van der Waals surface area (Å²) in [5.74, 6) is 0.979. The summed E-state index contributed by atoms with van der Waals surface area (Å²) < 4.78 is 5.31. The molecule has 1 aliphatic rings. The van der Waals surface area contributed by atoms with Crippen LogP contribution >= 0.6 is 11.6 Å². The Morgan fingerprint density at radius 3 is 2.56 bits per heavy atom. The van der Waals surface area contributed by atoms with Crippen molar-refractivity contribution in [2.75, 3.05) is 7.11 Å². The molecule has 0 bridgehead atoms. The molecule has 3 heteroatoms. The lowest BCUT2D eigenvalue weighted by molar-refractivity contribution is 0.0886. The molecule has 1 aromatic carbocycles. The Balaban J connectivity index is 2.31. The topological polar surface area (TPSA) is 26.3 Å². The monoisotopic (exact) mass is 266 g/mol. The predicted octanol–water partition coefficient (Wildman–Crippen LogP) is 4.42. The Hall–Kier alpha value is -1.02. The van der Waals surface area contributed by atoms with Crippen molar-refractivity contribution in [3.8, 4) is 5.75 Å². The lowest BCUT2D eigenvalue weighted by Gasteiger charge is -2.21. The van der Waals surface area contributed by atoms with Crippen LogP contribution in [0.4, 0.5) is 0 Å². The standard InChI is InChI=1S/C15H19ClO2/c1-10-8-14(18-2)12(9-13(10)16)15(17)11-6-4-3-5-7-11/h8-9,11H,3-7H2,1-2H3. The molecule has 0 aromatic heterocycles. The molecule has 1 aromatic rings. The van der Waals surface area contributed by atoms with Gasteiger partial charge in [0.25, 0.3) is 0 Å². The molecule has 1 saturated carbocycles. The number of benzene rings is 1. The summed E-state index contributed by atoms with van der Waals surface area (Å²) >= 11 is 6.12. The van der Waals surface area contributed by atoms with Crippen LogP contribution in [0.15, 0.2) is 12.1 Å². The Labute approximate surface area is 113 Å². The Bertz CT molecular complexity index is 448. The summed E-state index contributed by atoms with van der Waals surface area (Å²) in [7, 11) is 1.60. The van der Waals surface area contributed by atoms with E-state index in [4.69, 9.17) is 16.3 Å². The lowest BCUT2D eigenvalue weighted by Crippen LogP contribution is -2.18. The Kier molecular flexibility index (Phi) is 4.28. The van der Waals surface area contributed by atoms with Crippen LogP contribution in [0, 0.1) is 12.8 Å². The molecule has 0 aliphatic heterocycles. The summed E-state index contributed by atoms with van der Waals surface area (Å²) in [5.41, 5.74) is 1.58. The normalized spacial score (nSPS) is 16.6. The average molecular weight is 267 g/mol. The smallest absolute Gasteiger partial charge is 0.169 e. The van der Waals surface area contributed by atoms with E-state index in [-0.39, 0.29) is 11.7 Å². The molecule has 98 valence electrons. The van der Waals surface area contributed by atoms with Gasteiger partial charge in [0.1, 0.15) is 5.75 Å². The maximum atomic E-state index is 12.5. The SMILES string of the molecule is COc1cc(C)c(Cl)cc1C(=O)C1CCCCC1. The zero-order valence-electron chi connectivity index (χ0n) is 11.0. The third-order valence-electron chi connectivity index (χ3n) is 3.72. The lowest BCUT2D eigenvalue weighted by atomic mass is 9.83. The van der Waals surface area contributed by atoms with Crippen LogP contribution in [0.3, 0.4) is 0 Å². The molecule has 0 N–H and O–H groups in total. The van der Waals surface area contributed by atoms with Crippen LogP contribution in [0.2, 0.25) is 5.02 Å². The number of aryl methyl sites for hydroxylation is 1. The van der Waals surface area contributed by atoms with Gasteiger partial charge in [-0.25, -0.2) is 0 Å². The van der Waals surface area contributed by atoms with Crippen molar-refractivity contribution < 1.29 is 9.53 Å². The van der Waals surface area contributed by atoms with Crippen molar-refractivity contribution in [2.45, 2.75) is 39.0 Å². The van der Waals surface area contributed by atoms with Gasteiger partial charge in [0.15, 0.2) is 5.78 Å². The van der Waals surface area contributed by atoms with Gasteiger partial charge in [-0.05, 0) is 37.5 Å². The highest BCUT2D eigenvalue weighted by atomic mass is 35.5. The van der Waals surface area contributed by atoms with E-state index in [0.717, 1.165) is 31.2 Å². The van der Waals surface area contributed by atoms with Gasteiger partial charge in [-0.1, -0.05) is 30.9 Å². The zero-order chi connectivity index (χ0) is 13.1. The van der Waals surface area contributed by atoms with Crippen molar-refractivity contribution in [1.29, 1.82) is 0 Å². The third-order valence-corrected chi connectivity index (χ3v) is 4.13. The van der Waals surface area contributed by atoms with E-state index in [1.807, 2.05) is 13.0 Å². The summed E-state index contributed by atoms with van der Waals surface area (Å²) in [6, 6.07) is 3.60. The van der Waals surface area contributed by atoms with Crippen LogP contribution in [0.5, 0.6) is 5.75 Å². The number of Topliss-reactive ketones (excluding diaryl/α,β-unsaturated/α-hetero) is 1. The largest absolute Gasteiger partial charge is 0.496 e. The molecule has 0 saturated heterocycles. The Morgan fingerprint density at radius 1 is 1.28 bits per heavy atom. The van der Waals surface area contributed by atoms with Gasteiger partial charge in [0.05, 0.1) is 12.7 Å². The number of ketones is 1. The van der Waals surface area contributed by atoms with Crippen molar-refractivity contribution in [1.82, 2.24) is 0 Å². The van der Waals surface area contributed by atoms with Crippen molar-refractivity contribution in [2.24, 2.45) is 5.92 Å². The van der Waals surface area contributed by atoms with Crippen molar-refractivity contribution in [3.05, 3.63) is 28.3 Å². The molecular formula is C15H19ClO2. The van der Waals surface area contributed by atoms with Crippen molar-refractivity contribution >= 4 is 17.4 Å². The molecule has 2 nitrogen and oxygen atoms in total. The molecule has 0 unspecified atom stereocenters. The van der Waals surface area contributed by atoms with Gasteiger partial charge >= 0.3 is 0 Å². The number of ether oxygens (including phenoxy) is 1. The number of carbonyl (C=O) groups excluding carboxylic acids is 1. The number of carbonyl (C=O) groups is 1. The highest BCUT2D eigenvalue weighted by Gasteiger charge is 2.25. The molecule has 2 rings (SSSR count). The van der Waals surface area contributed by atoms with E-state index in [0.29, 0.717) is 16.3 Å². The number of methoxy groups -OCH3 is 1.